The van der Waals surface area contributed by atoms with Crippen molar-refractivity contribution in [3.8, 4) is 0 Å². The zero-order valence-corrected chi connectivity index (χ0v) is 14.5. The van der Waals surface area contributed by atoms with Crippen LogP contribution in [-0.2, 0) is 6.54 Å². The molecule has 3 rings (SSSR count). The number of nitrogens with one attached hydrogen (secondary N) is 2. The molecule has 25 heavy (non-hydrogen) atoms. The van der Waals surface area contributed by atoms with Gasteiger partial charge in [0, 0.05) is 31.4 Å². The number of imidazole rings is 1. The number of aromatic nitrogens is 2. The number of nitrogens with zero attached hydrogens (tertiary/aromatic N) is 2. The number of hydrogen-bond acceptors (Lipinski definition) is 5. The summed E-state index contributed by atoms with van der Waals surface area (Å²) in [5.41, 5.74) is 0.248. The molecule has 7 nitrogen and oxygen atoms in total. The summed E-state index contributed by atoms with van der Waals surface area (Å²) in [5.74, 6) is 0.578. The van der Waals surface area contributed by atoms with Crippen molar-refractivity contribution in [1.29, 1.82) is 0 Å². The lowest BCUT2D eigenvalue weighted by Crippen LogP contribution is -2.31. The van der Waals surface area contributed by atoms with Gasteiger partial charge in [-0.3, -0.25) is 4.79 Å². The van der Waals surface area contributed by atoms with E-state index in [2.05, 4.69) is 15.6 Å². The van der Waals surface area contributed by atoms with Crippen molar-refractivity contribution >= 4 is 5.91 Å². The predicted molar refractivity (Wildman–Crippen MR) is 93.7 cm³/mol. The molecule has 7 heteroatoms. The van der Waals surface area contributed by atoms with E-state index in [1.165, 1.54) is 0 Å². The Bertz CT molecular complexity index is 761. The van der Waals surface area contributed by atoms with Crippen LogP contribution < -0.4 is 16.3 Å². The largest absolute Gasteiger partial charge is 0.427 e. The zero-order valence-electron chi connectivity index (χ0n) is 14.5. The normalized spacial score (nSPS) is 15.2. The minimum Gasteiger partial charge on any atom is -0.427 e. The molecule has 0 saturated carbocycles. The van der Waals surface area contributed by atoms with E-state index in [0.717, 1.165) is 38.9 Å². The first kappa shape index (κ1) is 17.4. The number of carbonyl (C=O) groups excluding carboxylic acids is 1. The minimum absolute atomic E-state index is 0.111. The minimum atomic E-state index is -0.541. The van der Waals surface area contributed by atoms with Gasteiger partial charge in [-0.1, -0.05) is 0 Å². The summed E-state index contributed by atoms with van der Waals surface area (Å²) in [6, 6.07) is 1.85. The topological polar surface area (TPSA) is 89.2 Å². The molecule has 134 valence electrons. The molecule has 0 aromatic carbocycles. The zero-order chi connectivity index (χ0) is 17.6. The first-order valence-corrected chi connectivity index (χ1v) is 8.74. The van der Waals surface area contributed by atoms with Gasteiger partial charge in [0.15, 0.2) is 0 Å². The Kier molecular flexibility index (Phi) is 5.65. The fourth-order valence-corrected chi connectivity index (χ4v) is 3.18. The maximum atomic E-state index is 12.3. The Morgan fingerprint density at radius 1 is 1.44 bits per heavy atom. The van der Waals surface area contributed by atoms with E-state index in [0.29, 0.717) is 17.9 Å². The number of amides is 1. The molecule has 1 amide bonds. The monoisotopic (exact) mass is 344 g/mol. The van der Waals surface area contributed by atoms with E-state index in [1.54, 1.807) is 19.4 Å². The van der Waals surface area contributed by atoms with Gasteiger partial charge in [0.05, 0.1) is 6.33 Å². The van der Waals surface area contributed by atoms with Gasteiger partial charge in [-0.2, -0.15) is 0 Å². The summed E-state index contributed by atoms with van der Waals surface area (Å²) in [4.78, 5) is 28.6. The van der Waals surface area contributed by atoms with Gasteiger partial charge < -0.3 is 19.6 Å². The fourth-order valence-electron chi connectivity index (χ4n) is 3.18. The van der Waals surface area contributed by atoms with Crippen LogP contribution in [0.4, 0.5) is 0 Å². The molecular weight excluding hydrogens is 320 g/mol. The van der Waals surface area contributed by atoms with Crippen molar-refractivity contribution in [2.75, 3.05) is 19.6 Å². The molecule has 1 aliphatic heterocycles. The summed E-state index contributed by atoms with van der Waals surface area (Å²) in [6.07, 6.45) is 7.99. The molecule has 0 aliphatic carbocycles. The van der Waals surface area contributed by atoms with E-state index in [1.807, 2.05) is 16.8 Å². The van der Waals surface area contributed by atoms with Crippen LogP contribution in [0.15, 0.2) is 34.0 Å². The molecule has 1 saturated heterocycles. The van der Waals surface area contributed by atoms with Crippen molar-refractivity contribution in [3.63, 3.8) is 0 Å². The van der Waals surface area contributed by atoms with Gasteiger partial charge in [0.2, 0.25) is 0 Å². The molecule has 0 bridgehead atoms. The highest BCUT2D eigenvalue weighted by molar-refractivity contribution is 5.95. The van der Waals surface area contributed by atoms with Crippen LogP contribution in [0, 0.1) is 6.92 Å². The lowest BCUT2D eigenvalue weighted by atomic mass is 9.94. The number of piperidine rings is 1. The number of aryl methyl sites for hydroxylation is 2. The first-order chi connectivity index (χ1) is 12.1. The summed E-state index contributed by atoms with van der Waals surface area (Å²) in [6.45, 7) is 4.90. The Balaban J connectivity index is 1.60. The highest BCUT2D eigenvalue weighted by atomic mass is 16.4. The molecule has 1 aliphatic rings. The Labute approximate surface area is 146 Å². The van der Waals surface area contributed by atoms with Gasteiger partial charge in [0.1, 0.15) is 11.3 Å². The van der Waals surface area contributed by atoms with Crippen LogP contribution in [0.5, 0.6) is 0 Å². The number of carbonyl (C=O) groups is 1. The third kappa shape index (κ3) is 4.36. The molecule has 0 spiro atoms. The Morgan fingerprint density at radius 3 is 2.92 bits per heavy atom. The standard InChI is InChI=1S/C18H24N4O3/c1-13-11-15(14-3-6-19-7-4-14)25-18(24)16(13)17(23)21-5-2-9-22-10-8-20-12-22/h8,10-12,14,19H,2-7,9H2,1H3,(H,21,23). The fraction of sp³-hybridized carbons (Fsp3) is 0.500. The SMILES string of the molecule is Cc1cc(C2CCNCC2)oc(=O)c1C(=O)NCCCn1ccnc1. The van der Waals surface area contributed by atoms with Crippen LogP contribution in [0.3, 0.4) is 0 Å². The van der Waals surface area contributed by atoms with Crippen molar-refractivity contribution in [3.05, 3.63) is 52.1 Å². The lowest BCUT2D eigenvalue weighted by Gasteiger charge is -2.21. The average molecular weight is 344 g/mol. The van der Waals surface area contributed by atoms with Crippen molar-refractivity contribution in [2.45, 2.75) is 38.6 Å². The Morgan fingerprint density at radius 2 is 2.24 bits per heavy atom. The predicted octanol–water partition coefficient (Wildman–Crippen LogP) is 1.43. The van der Waals surface area contributed by atoms with E-state index in [4.69, 9.17) is 4.42 Å². The van der Waals surface area contributed by atoms with Crippen LogP contribution >= 0.6 is 0 Å². The molecular formula is C18H24N4O3. The van der Waals surface area contributed by atoms with Gasteiger partial charge in [0.25, 0.3) is 5.91 Å². The second-order valence-electron chi connectivity index (χ2n) is 6.43. The van der Waals surface area contributed by atoms with E-state index >= 15 is 0 Å². The van der Waals surface area contributed by atoms with Crippen molar-refractivity contribution in [2.24, 2.45) is 0 Å². The lowest BCUT2D eigenvalue weighted by molar-refractivity contribution is 0.0947. The molecule has 0 atom stereocenters. The second kappa shape index (κ2) is 8.11. The highest BCUT2D eigenvalue weighted by Crippen LogP contribution is 2.25. The maximum absolute atomic E-state index is 12.3. The van der Waals surface area contributed by atoms with Gasteiger partial charge in [-0.05, 0) is 50.9 Å². The summed E-state index contributed by atoms with van der Waals surface area (Å²) < 4.78 is 7.40. The van der Waals surface area contributed by atoms with Crippen LogP contribution in [-0.4, -0.2) is 35.1 Å². The molecule has 2 aromatic heterocycles. The van der Waals surface area contributed by atoms with E-state index in [-0.39, 0.29) is 17.4 Å². The van der Waals surface area contributed by atoms with Crippen LogP contribution in [0.1, 0.15) is 46.9 Å². The summed E-state index contributed by atoms with van der Waals surface area (Å²) in [7, 11) is 0. The molecule has 0 radical (unpaired) electrons. The van der Waals surface area contributed by atoms with Crippen molar-refractivity contribution < 1.29 is 9.21 Å². The van der Waals surface area contributed by atoms with E-state index < -0.39 is 5.63 Å². The molecule has 1 fully saturated rings. The third-order valence-corrected chi connectivity index (χ3v) is 4.57. The van der Waals surface area contributed by atoms with Gasteiger partial charge >= 0.3 is 5.63 Å². The summed E-state index contributed by atoms with van der Waals surface area (Å²) in [5, 5.41) is 6.09. The maximum Gasteiger partial charge on any atom is 0.349 e. The van der Waals surface area contributed by atoms with Crippen molar-refractivity contribution in [1.82, 2.24) is 20.2 Å². The Hall–Kier alpha value is -2.41. The molecule has 2 aromatic rings. The van der Waals surface area contributed by atoms with Crippen LogP contribution in [0.25, 0.3) is 0 Å². The van der Waals surface area contributed by atoms with Gasteiger partial charge in [-0.25, -0.2) is 9.78 Å². The molecule has 0 unspecified atom stereocenters. The smallest absolute Gasteiger partial charge is 0.349 e. The molecule has 3 heterocycles. The third-order valence-electron chi connectivity index (χ3n) is 4.57. The average Bonchev–Trinajstić information content (AvgIpc) is 3.12. The highest BCUT2D eigenvalue weighted by Gasteiger charge is 2.22. The summed E-state index contributed by atoms with van der Waals surface area (Å²) >= 11 is 0. The quantitative estimate of drug-likeness (QED) is 0.774. The number of rotatable bonds is 6. The second-order valence-corrected chi connectivity index (χ2v) is 6.43. The number of hydrogen-bond donors (Lipinski definition) is 2. The van der Waals surface area contributed by atoms with E-state index in [9.17, 15) is 9.59 Å². The van der Waals surface area contributed by atoms with Crippen LogP contribution in [0.2, 0.25) is 0 Å². The first-order valence-electron chi connectivity index (χ1n) is 8.74. The molecule has 2 N–H and O–H groups in total. The van der Waals surface area contributed by atoms with Gasteiger partial charge in [-0.15, -0.1) is 0 Å².